The largest absolute Gasteiger partial charge is 0.416 e. The first kappa shape index (κ1) is 27.6. The highest BCUT2D eigenvalue weighted by atomic mass is 32.2. The molecule has 7 nitrogen and oxygen atoms in total. The van der Waals surface area contributed by atoms with Gasteiger partial charge in [0.25, 0.3) is 0 Å². The summed E-state index contributed by atoms with van der Waals surface area (Å²) in [6, 6.07) is 7.80. The minimum absolute atomic E-state index is 0.144. The van der Waals surface area contributed by atoms with E-state index in [2.05, 4.69) is 26.4 Å². The van der Waals surface area contributed by atoms with Gasteiger partial charge in [-0.3, -0.25) is 14.5 Å². The number of fused-ring (bicyclic) bond motifs is 2. The molecule has 4 heterocycles. The summed E-state index contributed by atoms with van der Waals surface area (Å²) in [6.07, 6.45) is 4.39. The molecular formula is C29H28F4N6OS. The van der Waals surface area contributed by atoms with Gasteiger partial charge < -0.3 is 0 Å². The molecular weight excluding hydrogens is 556 g/mol. The molecule has 1 saturated heterocycles. The fraction of sp³-hybridized carbons (Fsp3) is 0.379. The summed E-state index contributed by atoms with van der Waals surface area (Å²) < 4.78 is 60.0. The lowest BCUT2D eigenvalue weighted by molar-refractivity contribution is -0.137. The van der Waals surface area contributed by atoms with Crippen LogP contribution in [0.4, 0.5) is 17.6 Å². The van der Waals surface area contributed by atoms with Gasteiger partial charge in [-0.25, -0.2) is 13.4 Å². The summed E-state index contributed by atoms with van der Waals surface area (Å²) in [4.78, 5) is 19.4. The summed E-state index contributed by atoms with van der Waals surface area (Å²) >= 11 is 1.51. The highest BCUT2D eigenvalue weighted by Crippen LogP contribution is 2.49. The van der Waals surface area contributed by atoms with Crippen LogP contribution >= 0.6 is 11.9 Å². The number of halogens is 4. The van der Waals surface area contributed by atoms with E-state index in [9.17, 15) is 22.4 Å². The Hall–Kier alpha value is -3.51. The van der Waals surface area contributed by atoms with Crippen LogP contribution in [0.5, 0.6) is 0 Å². The van der Waals surface area contributed by atoms with Crippen molar-refractivity contribution in [1.82, 2.24) is 28.9 Å². The van der Waals surface area contributed by atoms with E-state index in [4.69, 9.17) is 0 Å². The number of aromatic nitrogens is 5. The van der Waals surface area contributed by atoms with Gasteiger partial charge in [0.1, 0.15) is 11.5 Å². The van der Waals surface area contributed by atoms with E-state index >= 15 is 0 Å². The third kappa shape index (κ3) is 5.30. The van der Waals surface area contributed by atoms with Crippen LogP contribution in [0.1, 0.15) is 47.1 Å². The normalized spacial score (nSPS) is 21.0. The third-order valence-corrected chi connectivity index (χ3v) is 9.00. The smallest absolute Gasteiger partial charge is 0.292 e. The van der Waals surface area contributed by atoms with Crippen molar-refractivity contribution in [3.05, 3.63) is 89.5 Å². The molecule has 1 aliphatic carbocycles. The lowest BCUT2D eigenvalue weighted by Gasteiger charge is -2.49. The molecule has 4 aromatic rings. The predicted molar refractivity (Wildman–Crippen MR) is 145 cm³/mol. The second kappa shape index (κ2) is 10.7. The second-order valence-electron chi connectivity index (χ2n) is 10.7. The van der Waals surface area contributed by atoms with Gasteiger partial charge in [0.15, 0.2) is 5.78 Å². The van der Waals surface area contributed by atoms with Crippen molar-refractivity contribution in [3.8, 4) is 5.69 Å². The van der Waals surface area contributed by atoms with Crippen LogP contribution in [0, 0.1) is 17.2 Å². The first-order valence-corrected chi connectivity index (χ1v) is 14.3. The quantitative estimate of drug-likeness (QED) is 0.150. The van der Waals surface area contributed by atoms with Crippen molar-refractivity contribution in [3.63, 3.8) is 0 Å². The number of piperidine rings is 1. The number of alkyl halides is 3. The van der Waals surface area contributed by atoms with E-state index in [0.717, 1.165) is 47.4 Å². The lowest BCUT2D eigenvalue weighted by atomic mass is 9.60. The van der Waals surface area contributed by atoms with Gasteiger partial charge in [-0.05, 0) is 85.5 Å². The van der Waals surface area contributed by atoms with Crippen LogP contribution in [0.15, 0.2) is 66.1 Å². The monoisotopic (exact) mass is 584 g/mol. The van der Waals surface area contributed by atoms with Crippen LogP contribution in [-0.2, 0) is 25.6 Å². The Bertz CT molecular complexity index is 1570. The van der Waals surface area contributed by atoms with Crippen molar-refractivity contribution in [1.29, 1.82) is 0 Å². The van der Waals surface area contributed by atoms with Crippen molar-refractivity contribution in [2.75, 3.05) is 13.1 Å². The van der Waals surface area contributed by atoms with Crippen molar-refractivity contribution >= 4 is 17.7 Å². The van der Waals surface area contributed by atoms with Gasteiger partial charge in [-0.2, -0.15) is 23.4 Å². The predicted octanol–water partition coefficient (Wildman–Crippen LogP) is 6.03. The molecule has 2 unspecified atom stereocenters. The maximum absolute atomic E-state index is 14.3. The number of rotatable bonds is 7. The third-order valence-electron chi connectivity index (χ3n) is 8.01. The van der Waals surface area contributed by atoms with Gasteiger partial charge in [0.05, 0.1) is 34.0 Å². The summed E-state index contributed by atoms with van der Waals surface area (Å²) in [5, 5.41) is 8.96. The molecule has 0 bridgehead atoms. The number of carbonyl (C=O) groups excluding carboxylic acids is 1. The van der Waals surface area contributed by atoms with E-state index in [1.807, 2.05) is 10.9 Å². The Labute approximate surface area is 238 Å². The molecule has 6 rings (SSSR count). The number of nitrogens with zero attached hydrogens (tertiary/aromatic N) is 6. The highest BCUT2D eigenvalue weighted by molar-refractivity contribution is 7.97. The van der Waals surface area contributed by atoms with Crippen LogP contribution < -0.4 is 0 Å². The topological polar surface area (TPSA) is 68.8 Å². The Morgan fingerprint density at radius 3 is 2.71 bits per heavy atom. The van der Waals surface area contributed by atoms with Crippen LogP contribution in [0.3, 0.4) is 0 Å². The summed E-state index contributed by atoms with van der Waals surface area (Å²) in [5.41, 5.74) is 0.433. The number of ketones is 1. The van der Waals surface area contributed by atoms with Gasteiger partial charge in [-0.1, -0.05) is 6.92 Å². The summed E-state index contributed by atoms with van der Waals surface area (Å²) in [6.45, 7) is 3.91. The lowest BCUT2D eigenvalue weighted by Crippen LogP contribution is -2.55. The Kier molecular flexibility index (Phi) is 7.23. The maximum atomic E-state index is 14.3. The number of carbonyl (C=O) groups is 1. The maximum Gasteiger partial charge on any atom is 0.416 e. The van der Waals surface area contributed by atoms with Gasteiger partial charge in [0.2, 0.25) is 0 Å². The van der Waals surface area contributed by atoms with E-state index < -0.39 is 17.2 Å². The number of Topliss-reactive ketones (excluding diaryl/α,β-unsaturated/α-hetero) is 1. The zero-order valence-corrected chi connectivity index (χ0v) is 23.1. The first-order chi connectivity index (χ1) is 19.7. The molecule has 214 valence electrons. The standard InChI is InChI=1S/C29H28F4N6OS/c1-2-10-37-17-24(16-35-37)41-38-11-8-20-13-26-19(15-36-39(26)23-5-3-22(30)4-6-23)14-28(20,18-38)27(40)25-12-21(7-9-34-25)29(31,32)33/h3-7,9,12,15-17,20H,2,8,10-11,13-14,18H2,1H3. The Morgan fingerprint density at radius 2 is 1.95 bits per heavy atom. The molecule has 1 aromatic carbocycles. The molecule has 2 atom stereocenters. The van der Waals surface area contributed by atoms with Crippen molar-refractivity contribution in [2.24, 2.45) is 11.3 Å². The molecule has 1 aliphatic heterocycles. The molecule has 3 aromatic heterocycles. The minimum Gasteiger partial charge on any atom is -0.292 e. The van der Waals surface area contributed by atoms with Crippen LogP contribution in [0.25, 0.3) is 5.69 Å². The molecule has 2 aliphatic rings. The highest BCUT2D eigenvalue weighted by Gasteiger charge is 2.53. The summed E-state index contributed by atoms with van der Waals surface area (Å²) in [5.74, 6) is -0.881. The SMILES string of the molecule is CCCn1cc(SN2CCC3Cc4c(cnn4-c4ccc(F)cc4)CC3(C(=O)c3cc(C(F)(F)F)ccn3)C2)cn1. The zero-order chi connectivity index (χ0) is 28.8. The van der Waals surface area contributed by atoms with Crippen LogP contribution in [-0.4, -0.2) is 47.7 Å². The average molecular weight is 585 g/mol. The molecule has 0 radical (unpaired) electrons. The van der Waals surface area contributed by atoms with Crippen molar-refractivity contribution in [2.45, 2.75) is 50.2 Å². The van der Waals surface area contributed by atoms with E-state index in [-0.39, 0.29) is 23.2 Å². The van der Waals surface area contributed by atoms with Gasteiger partial charge in [0, 0.05) is 37.7 Å². The number of hydrogen-bond acceptors (Lipinski definition) is 6. The van der Waals surface area contributed by atoms with Crippen LogP contribution in [0.2, 0.25) is 0 Å². The number of pyridine rings is 1. The molecule has 0 amide bonds. The number of aryl methyl sites for hydroxylation is 1. The van der Waals surface area contributed by atoms with Crippen molar-refractivity contribution < 1.29 is 22.4 Å². The molecule has 12 heteroatoms. The number of hydrogen-bond donors (Lipinski definition) is 0. The molecule has 0 N–H and O–H groups in total. The Balaban J connectivity index is 1.37. The molecule has 0 saturated carbocycles. The fourth-order valence-corrected chi connectivity index (χ4v) is 7.09. The zero-order valence-electron chi connectivity index (χ0n) is 22.3. The van der Waals surface area contributed by atoms with E-state index in [1.165, 1.54) is 24.1 Å². The van der Waals surface area contributed by atoms with E-state index in [1.54, 1.807) is 29.2 Å². The van der Waals surface area contributed by atoms with E-state index in [0.29, 0.717) is 38.0 Å². The van der Waals surface area contributed by atoms with Gasteiger partial charge in [-0.15, -0.1) is 0 Å². The van der Waals surface area contributed by atoms with Gasteiger partial charge >= 0.3 is 6.18 Å². The Morgan fingerprint density at radius 1 is 1.15 bits per heavy atom. The summed E-state index contributed by atoms with van der Waals surface area (Å²) in [7, 11) is 0. The second-order valence-corrected chi connectivity index (χ2v) is 11.8. The molecule has 1 fully saturated rings. The first-order valence-electron chi connectivity index (χ1n) is 13.5. The molecule has 41 heavy (non-hydrogen) atoms. The fourth-order valence-electron chi connectivity index (χ4n) is 6.04. The minimum atomic E-state index is -4.59. The molecule has 0 spiro atoms. The number of benzene rings is 1. The average Bonchev–Trinajstić information content (AvgIpc) is 3.57.